The Kier molecular flexibility index (Phi) is 2.83. The van der Waals surface area contributed by atoms with Gasteiger partial charge in [0.05, 0.1) is 5.39 Å². The smallest absolute Gasteiger partial charge is 0.207 e. The maximum absolute atomic E-state index is 11.9. The predicted octanol–water partition coefficient (Wildman–Crippen LogP) is 3.54. The second kappa shape index (κ2) is 3.94. The number of aryl methyl sites for hydroxylation is 1. The number of rotatable bonds is 1. The van der Waals surface area contributed by atoms with Gasteiger partial charge in [0.2, 0.25) is 5.43 Å². The Hall–Kier alpha value is -0.490. The summed E-state index contributed by atoms with van der Waals surface area (Å²) < 4.78 is 5.54. The van der Waals surface area contributed by atoms with E-state index in [2.05, 4.69) is 21.2 Å². The number of hydrogen-bond donors (Lipinski definition) is 0. The van der Waals surface area contributed by atoms with Gasteiger partial charge in [0.25, 0.3) is 0 Å². The normalized spacial score (nSPS) is 10.7. The van der Waals surface area contributed by atoms with Crippen molar-refractivity contribution in [3.05, 3.63) is 40.2 Å². The van der Waals surface area contributed by atoms with Crippen LogP contribution in [0.25, 0.3) is 11.0 Å². The summed E-state index contributed by atoms with van der Waals surface area (Å²) in [5, 5.41) is 0.650. The van der Waals surface area contributed by atoms with Gasteiger partial charge in [-0.2, -0.15) is 0 Å². The van der Waals surface area contributed by atoms with E-state index in [0.29, 0.717) is 21.6 Å². The highest BCUT2D eigenvalue weighted by atomic mass is 127. The average Bonchev–Trinajstić information content (AvgIpc) is 2.18. The molecule has 0 aliphatic carbocycles. The Morgan fingerprint density at radius 2 is 2.07 bits per heavy atom. The zero-order valence-electron chi connectivity index (χ0n) is 7.41. The highest BCUT2D eigenvalue weighted by Crippen LogP contribution is 2.27. The molecule has 0 amide bonds. The van der Waals surface area contributed by atoms with Crippen molar-refractivity contribution in [2.24, 2.45) is 0 Å². The van der Waals surface area contributed by atoms with E-state index in [9.17, 15) is 4.79 Å². The third-order valence-electron chi connectivity index (χ3n) is 2.00. The zero-order valence-corrected chi connectivity index (χ0v) is 10.4. The third kappa shape index (κ3) is 1.56. The van der Waals surface area contributed by atoms with Crippen LogP contribution in [-0.4, -0.2) is 0 Å². The summed E-state index contributed by atoms with van der Waals surface area (Å²) in [5.41, 5.74) is 0.716. The largest absolute Gasteiger partial charge is 0.460 e. The summed E-state index contributed by atoms with van der Waals surface area (Å²) in [4.78, 5) is 12.6. The van der Waals surface area contributed by atoms with Gasteiger partial charge in [-0.15, -0.1) is 0 Å². The Labute approximate surface area is 97.3 Å². The minimum atomic E-state index is 0.0590. The van der Waals surface area contributed by atoms with Crippen LogP contribution < -0.4 is 5.43 Å². The first-order chi connectivity index (χ1) is 6.74. The van der Waals surface area contributed by atoms with Gasteiger partial charge >= 0.3 is 0 Å². The van der Waals surface area contributed by atoms with E-state index in [4.69, 9.17) is 4.42 Å². The van der Waals surface area contributed by atoms with E-state index in [1.807, 2.05) is 25.1 Å². The second-order valence-electron chi connectivity index (χ2n) is 2.89. The van der Waals surface area contributed by atoms with Crippen LogP contribution in [0.4, 0.5) is 0 Å². The van der Waals surface area contributed by atoms with E-state index >= 15 is 0 Å². The molecule has 0 spiro atoms. The van der Waals surface area contributed by atoms with Gasteiger partial charge in [-0.25, -0.2) is 0 Å². The minimum Gasteiger partial charge on any atom is -0.460 e. The van der Waals surface area contributed by atoms with Crippen LogP contribution in [0.2, 0.25) is 0 Å². The first kappa shape index (κ1) is 10.0. The molecule has 0 atom stereocenters. The lowest BCUT2D eigenvalue weighted by molar-refractivity contribution is 0.547. The summed E-state index contributed by atoms with van der Waals surface area (Å²) in [6.45, 7) is 1.81. The highest BCUT2D eigenvalue weighted by molar-refractivity contribution is 14.2. The number of para-hydroxylation sites is 1. The molecule has 0 saturated heterocycles. The first-order valence-electron chi connectivity index (χ1n) is 4.05. The van der Waals surface area contributed by atoms with Crippen molar-refractivity contribution in [2.75, 3.05) is 0 Å². The summed E-state index contributed by atoms with van der Waals surface area (Å²) in [6, 6.07) is 7.31. The highest BCUT2D eigenvalue weighted by Gasteiger charge is 2.09. The molecule has 4 heteroatoms. The molecule has 2 aromatic rings. The van der Waals surface area contributed by atoms with Crippen LogP contribution in [0.5, 0.6) is 0 Å². The molecular formula is C10H7IO2S. The molecule has 0 unspecified atom stereocenters. The lowest BCUT2D eigenvalue weighted by Crippen LogP contribution is -2.04. The fraction of sp³-hybridized carbons (Fsp3) is 0.100. The number of halogens is 1. The lowest BCUT2D eigenvalue weighted by Gasteiger charge is -2.02. The molecule has 0 fully saturated rings. The van der Waals surface area contributed by atoms with Crippen molar-refractivity contribution in [3.63, 3.8) is 0 Å². The molecule has 72 valence electrons. The van der Waals surface area contributed by atoms with Crippen molar-refractivity contribution >= 4 is 41.1 Å². The minimum absolute atomic E-state index is 0.0590. The Balaban J connectivity index is 2.93. The average molecular weight is 318 g/mol. The number of benzene rings is 1. The maximum atomic E-state index is 11.9. The van der Waals surface area contributed by atoms with Crippen LogP contribution in [0.1, 0.15) is 5.76 Å². The van der Waals surface area contributed by atoms with Crippen molar-refractivity contribution in [2.45, 2.75) is 11.8 Å². The van der Waals surface area contributed by atoms with Crippen molar-refractivity contribution in [3.8, 4) is 0 Å². The molecule has 0 aliphatic rings. The van der Waals surface area contributed by atoms with E-state index in [1.54, 1.807) is 6.07 Å². The van der Waals surface area contributed by atoms with Gasteiger partial charge in [-0.05, 0) is 28.0 Å². The Morgan fingerprint density at radius 1 is 1.36 bits per heavy atom. The van der Waals surface area contributed by atoms with Crippen molar-refractivity contribution < 1.29 is 4.42 Å². The monoisotopic (exact) mass is 318 g/mol. The van der Waals surface area contributed by atoms with Crippen LogP contribution in [0, 0.1) is 6.92 Å². The molecule has 1 heterocycles. The van der Waals surface area contributed by atoms with Gasteiger partial charge in [-0.1, -0.05) is 12.1 Å². The molecule has 0 aliphatic heterocycles. The SMILES string of the molecule is Cc1oc2ccccc2c(=O)c1SI. The van der Waals surface area contributed by atoms with Crippen LogP contribution in [0.3, 0.4) is 0 Å². The van der Waals surface area contributed by atoms with E-state index in [1.165, 1.54) is 8.93 Å². The van der Waals surface area contributed by atoms with Crippen LogP contribution >= 0.6 is 30.1 Å². The van der Waals surface area contributed by atoms with Crippen LogP contribution in [0.15, 0.2) is 38.4 Å². The summed E-state index contributed by atoms with van der Waals surface area (Å²) >= 11 is 2.09. The van der Waals surface area contributed by atoms with Gasteiger partial charge < -0.3 is 4.42 Å². The van der Waals surface area contributed by atoms with Crippen LogP contribution in [-0.2, 0) is 0 Å². The molecular weight excluding hydrogens is 311 g/mol. The van der Waals surface area contributed by atoms with Crippen molar-refractivity contribution in [1.82, 2.24) is 0 Å². The fourth-order valence-corrected chi connectivity index (χ4v) is 3.19. The number of hydrogen-bond acceptors (Lipinski definition) is 3. The Morgan fingerprint density at radius 3 is 2.79 bits per heavy atom. The van der Waals surface area contributed by atoms with E-state index in [0.717, 1.165) is 0 Å². The molecule has 1 aromatic heterocycles. The molecule has 14 heavy (non-hydrogen) atoms. The molecule has 2 rings (SSSR count). The maximum Gasteiger partial charge on any atom is 0.207 e. The molecule has 1 aromatic carbocycles. The standard InChI is InChI=1S/C10H7IO2S/c1-6-10(14-11)9(12)7-4-2-3-5-8(7)13-6/h2-5H,1H3. The predicted molar refractivity (Wildman–Crippen MR) is 67.1 cm³/mol. The lowest BCUT2D eigenvalue weighted by atomic mass is 10.2. The van der Waals surface area contributed by atoms with E-state index in [-0.39, 0.29) is 5.43 Å². The molecule has 0 radical (unpaired) electrons. The number of fused-ring (bicyclic) bond motifs is 1. The summed E-state index contributed by atoms with van der Waals surface area (Å²) in [7, 11) is 1.40. The topological polar surface area (TPSA) is 30.2 Å². The second-order valence-corrected chi connectivity index (χ2v) is 4.77. The van der Waals surface area contributed by atoms with Crippen molar-refractivity contribution in [1.29, 1.82) is 0 Å². The molecule has 0 bridgehead atoms. The quantitative estimate of drug-likeness (QED) is 0.754. The first-order valence-corrected chi connectivity index (χ1v) is 7.41. The summed E-state index contributed by atoms with van der Waals surface area (Å²) in [5.74, 6) is 0.688. The summed E-state index contributed by atoms with van der Waals surface area (Å²) in [6.07, 6.45) is 0. The molecule has 0 N–H and O–H groups in total. The molecule has 0 saturated carbocycles. The van der Waals surface area contributed by atoms with E-state index < -0.39 is 0 Å². The van der Waals surface area contributed by atoms with Gasteiger partial charge in [0.15, 0.2) is 0 Å². The van der Waals surface area contributed by atoms with Gasteiger partial charge in [0.1, 0.15) is 16.2 Å². The molecule has 2 nitrogen and oxygen atoms in total. The Bertz CT molecular complexity index is 533. The van der Waals surface area contributed by atoms with Gasteiger partial charge in [0, 0.05) is 21.2 Å². The zero-order chi connectivity index (χ0) is 10.1. The third-order valence-corrected chi connectivity index (χ3v) is 3.95. The fourth-order valence-electron chi connectivity index (χ4n) is 1.33. The van der Waals surface area contributed by atoms with Gasteiger partial charge in [-0.3, -0.25) is 4.79 Å².